The Bertz CT molecular complexity index is 562. The van der Waals surface area contributed by atoms with Crippen LogP contribution >= 0.6 is 0 Å². The van der Waals surface area contributed by atoms with Gasteiger partial charge in [-0.25, -0.2) is 0 Å². The molecule has 0 bridgehead atoms. The van der Waals surface area contributed by atoms with Crippen molar-refractivity contribution >= 4 is 0 Å². The summed E-state index contributed by atoms with van der Waals surface area (Å²) in [6.45, 7) is 6.31. The van der Waals surface area contributed by atoms with Crippen LogP contribution in [0, 0.1) is 5.92 Å². The van der Waals surface area contributed by atoms with E-state index in [2.05, 4.69) is 37.9 Å². The second kappa shape index (κ2) is 7.55. The van der Waals surface area contributed by atoms with Crippen LogP contribution in [-0.4, -0.2) is 10.1 Å². The zero-order valence-corrected chi connectivity index (χ0v) is 13.9. The normalized spacial score (nSPS) is 14.0. The molecule has 0 unspecified atom stereocenters. The summed E-state index contributed by atoms with van der Waals surface area (Å²) in [7, 11) is 0. The number of nitrogens with zero attached hydrogens (tertiary/aromatic N) is 1. The summed E-state index contributed by atoms with van der Waals surface area (Å²) in [6.07, 6.45) is 5.58. The van der Waals surface area contributed by atoms with Crippen LogP contribution in [0.3, 0.4) is 0 Å². The zero-order chi connectivity index (χ0) is 16.0. The average Bonchev–Trinajstić information content (AvgIpc) is 2.56. The van der Waals surface area contributed by atoms with Gasteiger partial charge >= 0.3 is 0 Å². The maximum Gasteiger partial charge on any atom is 0.0919 e. The van der Waals surface area contributed by atoms with Crippen molar-refractivity contribution in [1.29, 1.82) is 0 Å². The molecule has 2 heteroatoms. The van der Waals surface area contributed by atoms with Gasteiger partial charge in [-0.05, 0) is 48.8 Å². The third-order valence-corrected chi connectivity index (χ3v) is 4.51. The fourth-order valence-electron chi connectivity index (χ4n) is 2.84. The highest BCUT2D eigenvalue weighted by molar-refractivity contribution is 5.23. The lowest BCUT2D eigenvalue weighted by molar-refractivity contribution is -0.0202. The Balaban J connectivity index is 2.00. The summed E-state index contributed by atoms with van der Waals surface area (Å²) >= 11 is 0. The SMILES string of the molecule is CCc1ccc(CCC[C@@](O)(c2ccccc2)C(C)C)nc1. The number of aryl methyl sites for hydroxylation is 2. The van der Waals surface area contributed by atoms with Crippen molar-refractivity contribution in [2.24, 2.45) is 5.92 Å². The van der Waals surface area contributed by atoms with Crippen molar-refractivity contribution in [3.63, 3.8) is 0 Å². The van der Waals surface area contributed by atoms with Gasteiger partial charge in [-0.1, -0.05) is 57.2 Å². The summed E-state index contributed by atoms with van der Waals surface area (Å²) in [5, 5.41) is 11.1. The highest BCUT2D eigenvalue weighted by Gasteiger charge is 2.32. The maximum atomic E-state index is 11.1. The van der Waals surface area contributed by atoms with Crippen molar-refractivity contribution in [2.45, 2.75) is 52.1 Å². The first-order valence-corrected chi connectivity index (χ1v) is 8.28. The molecule has 0 aliphatic heterocycles. The standard InChI is InChI=1S/C20H27NO/c1-4-17-12-13-19(21-15-17)11-8-14-20(22,16(2)3)18-9-6-5-7-10-18/h5-7,9-10,12-13,15-16,22H,4,8,11,14H2,1-3H3/t20-/m0/s1. The van der Waals surface area contributed by atoms with Gasteiger partial charge in [0.15, 0.2) is 0 Å². The summed E-state index contributed by atoms with van der Waals surface area (Å²) in [4.78, 5) is 4.51. The molecule has 22 heavy (non-hydrogen) atoms. The van der Waals surface area contributed by atoms with Gasteiger partial charge in [0.05, 0.1) is 5.60 Å². The fourth-order valence-corrected chi connectivity index (χ4v) is 2.84. The molecule has 1 N–H and O–H groups in total. The molecule has 0 fully saturated rings. The van der Waals surface area contributed by atoms with Crippen LogP contribution in [0.2, 0.25) is 0 Å². The van der Waals surface area contributed by atoms with Crippen LogP contribution in [0.15, 0.2) is 48.7 Å². The summed E-state index contributed by atoms with van der Waals surface area (Å²) in [5.41, 5.74) is 2.63. The van der Waals surface area contributed by atoms with Crippen LogP contribution in [0.5, 0.6) is 0 Å². The van der Waals surface area contributed by atoms with Gasteiger partial charge in [-0.15, -0.1) is 0 Å². The van der Waals surface area contributed by atoms with E-state index in [1.807, 2.05) is 36.5 Å². The Morgan fingerprint density at radius 1 is 1.09 bits per heavy atom. The molecular formula is C20H27NO. The second-order valence-corrected chi connectivity index (χ2v) is 6.31. The highest BCUT2D eigenvalue weighted by atomic mass is 16.3. The molecule has 2 rings (SSSR count). The molecule has 2 aromatic rings. The van der Waals surface area contributed by atoms with Crippen LogP contribution < -0.4 is 0 Å². The van der Waals surface area contributed by atoms with Gasteiger partial charge in [0, 0.05) is 11.9 Å². The van der Waals surface area contributed by atoms with Gasteiger partial charge in [0.25, 0.3) is 0 Å². The van der Waals surface area contributed by atoms with Crippen LogP contribution in [0.1, 0.15) is 50.4 Å². The highest BCUT2D eigenvalue weighted by Crippen LogP contribution is 2.34. The number of aliphatic hydroxyl groups is 1. The van der Waals surface area contributed by atoms with Crippen molar-refractivity contribution < 1.29 is 5.11 Å². The Kier molecular flexibility index (Phi) is 5.73. The van der Waals surface area contributed by atoms with Crippen molar-refractivity contribution in [2.75, 3.05) is 0 Å². The van der Waals surface area contributed by atoms with E-state index in [4.69, 9.17) is 0 Å². The van der Waals surface area contributed by atoms with Gasteiger partial charge in [-0.2, -0.15) is 0 Å². The molecule has 0 saturated heterocycles. The Hall–Kier alpha value is -1.67. The molecule has 0 aliphatic rings. The number of pyridine rings is 1. The predicted octanol–water partition coefficient (Wildman–Crippen LogP) is 4.51. The molecule has 1 aromatic carbocycles. The monoisotopic (exact) mass is 297 g/mol. The smallest absolute Gasteiger partial charge is 0.0919 e. The lowest BCUT2D eigenvalue weighted by Gasteiger charge is -2.33. The third kappa shape index (κ3) is 3.95. The quantitative estimate of drug-likeness (QED) is 0.815. The molecule has 0 aliphatic carbocycles. The number of aromatic nitrogens is 1. The van der Waals surface area contributed by atoms with E-state index in [0.717, 1.165) is 36.9 Å². The molecular weight excluding hydrogens is 270 g/mol. The van der Waals surface area contributed by atoms with Crippen LogP contribution in [0.4, 0.5) is 0 Å². The van der Waals surface area contributed by atoms with Crippen LogP contribution in [0.25, 0.3) is 0 Å². The zero-order valence-electron chi connectivity index (χ0n) is 13.9. The van der Waals surface area contributed by atoms with Gasteiger partial charge in [0.1, 0.15) is 0 Å². The molecule has 0 saturated carbocycles. The Morgan fingerprint density at radius 2 is 1.82 bits per heavy atom. The molecule has 1 atom stereocenters. The minimum Gasteiger partial charge on any atom is -0.385 e. The van der Waals surface area contributed by atoms with Gasteiger partial charge in [0.2, 0.25) is 0 Å². The number of hydrogen-bond acceptors (Lipinski definition) is 2. The molecule has 0 spiro atoms. The van der Waals surface area contributed by atoms with Gasteiger partial charge in [-0.3, -0.25) is 4.98 Å². The summed E-state index contributed by atoms with van der Waals surface area (Å²) < 4.78 is 0. The van der Waals surface area contributed by atoms with E-state index >= 15 is 0 Å². The minimum atomic E-state index is -0.759. The van der Waals surface area contributed by atoms with Crippen molar-refractivity contribution in [1.82, 2.24) is 4.98 Å². The van der Waals surface area contributed by atoms with Crippen LogP contribution in [-0.2, 0) is 18.4 Å². The number of rotatable bonds is 7. The molecule has 0 radical (unpaired) electrons. The lowest BCUT2D eigenvalue weighted by Crippen LogP contribution is -2.32. The topological polar surface area (TPSA) is 33.1 Å². The predicted molar refractivity (Wildman–Crippen MR) is 91.7 cm³/mol. The Labute approximate surface area is 134 Å². The van der Waals surface area contributed by atoms with E-state index in [-0.39, 0.29) is 5.92 Å². The van der Waals surface area contributed by atoms with E-state index in [1.165, 1.54) is 5.56 Å². The largest absolute Gasteiger partial charge is 0.385 e. The summed E-state index contributed by atoms with van der Waals surface area (Å²) in [6, 6.07) is 14.3. The lowest BCUT2D eigenvalue weighted by atomic mass is 9.79. The maximum absolute atomic E-state index is 11.1. The first-order chi connectivity index (χ1) is 10.6. The molecule has 0 amide bonds. The molecule has 2 nitrogen and oxygen atoms in total. The van der Waals surface area contributed by atoms with Crippen molar-refractivity contribution in [3.8, 4) is 0 Å². The molecule has 1 heterocycles. The fraction of sp³-hybridized carbons (Fsp3) is 0.450. The number of hydrogen-bond donors (Lipinski definition) is 1. The van der Waals surface area contributed by atoms with E-state index in [9.17, 15) is 5.11 Å². The number of benzene rings is 1. The minimum absolute atomic E-state index is 0.185. The van der Waals surface area contributed by atoms with E-state index < -0.39 is 5.60 Å². The summed E-state index contributed by atoms with van der Waals surface area (Å²) in [5.74, 6) is 0.185. The first kappa shape index (κ1) is 16.7. The molecule has 1 aromatic heterocycles. The second-order valence-electron chi connectivity index (χ2n) is 6.31. The first-order valence-electron chi connectivity index (χ1n) is 8.28. The van der Waals surface area contributed by atoms with E-state index in [1.54, 1.807) is 0 Å². The molecule has 118 valence electrons. The third-order valence-electron chi connectivity index (χ3n) is 4.51. The average molecular weight is 297 g/mol. The Morgan fingerprint density at radius 3 is 2.36 bits per heavy atom. The van der Waals surface area contributed by atoms with Crippen molar-refractivity contribution in [3.05, 3.63) is 65.5 Å². The van der Waals surface area contributed by atoms with Gasteiger partial charge < -0.3 is 5.11 Å². The van der Waals surface area contributed by atoms with E-state index in [0.29, 0.717) is 0 Å².